The van der Waals surface area contributed by atoms with Gasteiger partial charge < -0.3 is 24.8 Å². The zero-order chi connectivity index (χ0) is 23.5. The van der Waals surface area contributed by atoms with Crippen molar-refractivity contribution in [1.82, 2.24) is 10.2 Å². The Bertz CT molecular complexity index is 1010. The van der Waals surface area contributed by atoms with Crippen LogP contribution in [0.25, 0.3) is 11.1 Å². The van der Waals surface area contributed by atoms with Crippen LogP contribution < -0.4 is 5.32 Å². The van der Waals surface area contributed by atoms with Crippen molar-refractivity contribution in [3.8, 4) is 11.1 Å². The van der Waals surface area contributed by atoms with Gasteiger partial charge in [-0.2, -0.15) is 0 Å². The molecule has 2 N–H and O–H groups in total. The highest BCUT2D eigenvalue weighted by Gasteiger charge is 2.39. The maximum Gasteiger partial charge on any atom is 0.407 e. The predicted octanol–water partition coefficient (Wildman–Crippen LogP) is 2.72. The molecule has 174 valence electrons. The van der Waals surface area contributed by atoms with Crippen molar-refractivity contribution in [2.24, 2.45) is 11.8 Å². The van der Waals surface area contributed by atoms with Crippen molar-refractivity contribution in [3.05, 3.63) is 59.7 Å². The second kappa shape index (κ2) is 9.62. The Hall–Kier alpha value is -3.39. The Labute approximate surface area is 192 Å². The number of carboxylic acids is 1. The van der Waals surface area contributed by atoms with Crippen LogP contribution in [0, 0.1) is 11.8 Å². The summed E-state index contributed by atoms with van der Waals surface area (Å²) >= 11 is 0. The van der Waals surface area contributed by atoms with Crippen LogP contribution in [0.3, 0.4) is 0 Å². The molecule has 33 heavy (non-hydrogen) atoms. The quantitative estimate of drug-likeness (QED) is 0.669. The van der Waals surface area contributed by atoms with Gasteiger partial charge in [0.1, 0.15) is 6.61 Å². The van der Waals surface area contributed by atoms with E-state index in [4.69, 9.17) is 9.47 Å². The highest BCUT2D eigenvalue weighted by atomic mass is 16.5. The summed E-state index contributed by atoms with van der Waals surface area (Å²) < 4.78 is 10.8. The lowest BCUT2D eigenvalue weighted by Gasteiger charge is -2.23. The number of methoxy groups -OCH3 is 1. The average Bonchev–Trinajstić information content (AvgIpc) is 3.36. The summed E-state index contributed by atoms with van der Waals surface area (Å²) in [5, 5.41) is 11.9. The smallest absolute Gasteiger partial charge is 0.407 e. The van der Waals surface area contributed by atoms with Crippen molar-refractivity contribution < 1.29 is 29.0 Å². The van der Waals surface area contributed by atoms with Crippen molar-refractivity contribution in [1.29, 1.82) is 0 Å². The minimum absolute atomic E-state index is 0.0537. The normalized spacial score (nSPS) is 20.1. The maximum atomic E-state index is 12.8. The number of nitrogens with one attached hydrogen (secondary N) is 1. The molecule has 1 unspecified atom stereocenters. The van der Waals surface area contributed by atoms with Crippen LogP contribution in [0.1, 0.15) is 24.0 Å². The van der Waals surface area contributed by atoms with Gasteiger partial charge in [-0.15, -0.1) is 0 Å². The molecule has 2 amide bonds. The highest BCUT2D eigenvalue weighted by molar-refractivity contribution is 5.83. The molecule has 1 heterocycles. The van der Waals surface area contributed by atoms with E-state index in [0.29, 0.717) is 6.54 Å². The number of carbonyl (C=O) groups excluding carboxylic acids is 2. The molecule has 1 aliphatic heterocycles. The van der Waals surface area contributed by atoms with E-state index in [2.05, 4.69) is 17.4 Å². The minimum Gasteiger partial charge on any atom is -0.481 e. The Morgan fingerprint density at radius 2 is 1.67 bits per heavy atom. The average molecular weight is 453 g/mol. The van der Waals surface area contributed by atoms with Gasteiger partial charge in [0.05, 0.1) is 12.5 Å². The SMILES string of the molecule is COC(CNC(=O)OCC1c2ccccc2-c2ccccc21)C(=O)N1C[C@H](C(=O)O)[C@@H](C)C1. The molecule has 0 spiro atoms. The number of hydrogen-bond donors (Lipinski definition) is 2. The first-order chi connectivity index (χ1) is 15.9. The van der Waals surface area contributed by atoms with Gasteiger partial charge in [0, 0.05) is 26.1 Å². The van der Waals surface area contributed by atoms with Crippen LogP contribution in [-0.2, 0) is 19.1 Å². The van der Waals surface area contributed by atoms with E-state index in [9.17, 15) is 19.5 Å². The largest absolute Gasteiger partial charge is 0.481 e. The third kappa shape index (κ3) is 4.57. The highest BCUT2D eigenvalue weighted by Crippen LogP contribution is 2.44. The molecule has 0 radical (unpaired) electrons. The predicted molar refractivity (Wildman–Crippen MR) is 121 cm³/mol. The van der Waals surface area contributed by atoms with Crippen LogP contribution in [0.4, 0.5) is 4.79 Å². The zero-order valence-electron chi connectivity index (χ0n) is 18.7. The first-order valence-electron chi connectivity index (χ1n) is 11.0. The number of alkyl carbamates (subject to hydrolysis) is 1. The molecular formula is C25H28N2O6. The van der Waals surface area contributed by atoms with Crippen LogP contribution in [-0.4, -0.2) is 67.4 Å². The number of nitrogens with zero attached hydrogens (tertiary/aromatic N) is 1. The molecule has 0 bridgehead atoms. The van der Waals surface area contributed by atoms with Gasteiger partial charge in [0.25, 0.3) is 5.91 Å². The summed E-state index contributed by atoms with van der Waals surface area (Å²) in [4.78, 5) is 38.0. The van der Waals surface area contributed by atoms with Crippen LogP contribution in [0.5, 0.6) is 0 Å². The monoisotopic (exact) mass is 452 g/mol. The number of likely N-dealkylation sites (tertiary alicyclic amines) is 1. The zero-order valence-corrected chi connectivity index (χ0v) is 18.7. The van der Waals surface area contributed by atoms with E-state index >= 15 is 0 Å². The maximum absolute atomic E-state index is 12.8. The Kier molecular flexibility index (Phi) is 6.65. The first-order valence-corrected chi connectivity index (χ1v) is 11.0. The minimum atomic E-state index is -0.913. The first kappa shape index (κ1) is 22.8. The molecule has 1 fully saturated rings. The molecule has 4 rings (SSSR count). The molecule has 3 atom stereocenters. The number of benzene rings is 2. The number of carbonyl (C=O) groups is 3. The van der Waals surface area contributed by atoms with Gasteiger partial charge in [0.15, 0.2) is 6.10 Å². The van der Waals surface area contributed by atoms with E-state index in [-0.39, 0.29) is 37.4 Å². The molecule has 1 aliphatic carbocycles. The number of amides is 2. The molecule has 2 aromatic carbocycles. The second-order valence-corrected chi connectivity index (χ2v) is 8.60. The van der Waals surface area contributed by atoms with Gasteiger partial charge in [-0.3, -0.25) is 9.59 Å². The molecule has 8 heteroatoms. The lowest BCUT2D eigenvalue weighted by Crippen LogP contribution is -2.45. The fraction of sp³-hybridized carbons (Fsp3) is 0.400. The number of carboxylic acid groups (broad SMARTS) is 1. The molecule has 1 saturated heterocycles. The Morgan fingerprint density at radius 1 is 1.06 bits per heavy atom. The van der Waals surface area contributed by atoms with E-state index in [0.717, 1.165) is 22.3 Å². The molecule has 8 nitrogen and oxygen atoms in total. The summed E-state index contributed by atoms with van der Waals surface area (Å²) in [7, 11) is 1.39. The molecular weight excluding hydrogens is 424 g/mol. The van der Waals surface area contributed by atoms with Crippen molar-refractivity contribution in [2.45, 2.75) is 18.9 Å². The van der Waals surface area contributed by atoms with Crippen molar-refractivity contribution in [3.63, 3.8) is 0 Å². The third-order valence-corrected chi connectivity index (χ3v) is 6.58. The number of ether oxygens (including phenoxy) is 2. The van der Waals surface area contributed by atoms with Gasteiger partial charge in [-0.25, -0.2) is 4.79 Å². The Balaban J connectivity index is 1.32. The summed E-state index contributed by atoms with van der Waals surface area (Å²) in [6.45, 7) is 2.41. The lowest BCUT2D eigenvalue weighted by molar-refractivity contribution is -0.143. The third-order valence-electron chi connectivity index (χ3n) is 6.58. The standard InChI is InChI=1S/C25H28N2O6/c1-15-12-27(13-20(15)24(29)30)23(28)22(32-2)11-26-25(31)33-14-21-18-9-5-3-7-16(18)17-8-4-6-10-19(17)21/h3-10,15,20-22H,11-14H2,1-2H3,(H,26,31)(H,29,30)/t15-,20-,22?/m0/s1. The van der Waals surface area contributed by atoms with Gasteiger partial charge >= 0.3 is 12.1 Å². The summed E-state index contributed by atoms with van der Waals surface area (Å²) in [6, 6.07) is 16.2. The molecule has 2 aliphatic rings. The number of aliphatic carboxylic acids is 1. The van der Waals surface area contributed by atoms with Gasteiger partial charge in [0.2, 0.25) is 0 Å². The fourth-order valence-electron chi connectivity index (χ4n) is 4.77. The summed E-state index contributed by atoms with van der Waals surface area (Å²) in [5.74, 6) is -2.04. The van der Waals surface area contributed by atoms with Crippen LogP contribution in [0.15, 0.2) is 48.5 Å². The van der Waals surface area contributed by atoms with Gasteiger partial charge in [-0.05, 0) is 28.2 Å². The van der Waals surface area contributed by atoms with E-state index in [1.165, 1.54) is 12.0 Å². The second-order valence-electron chi connectivity index (χ2n) is 8.60. The summed E-state index contributed by atoms with van der Waals surface area (Å²) in [6.07, 6.45) is -1.55. The van der Waals surface area contributed by atoms with Crippen LogP contribution >= 0.6 is 0 Å². The number of fused-ring (bicyclic) bond motifs is 3. The Morgan fingerprint density at radius 3 is 2.21 bits per heavy atom. The summed E-state index contributed by atoms with van der Waals surface area (Å²) in [5.41, 5.74) is 4.53. The van der Waals surface area contributed by atoms with E-state index in [1.807, 2.05) is 43.3 Å². The topological polar surface area (TPSA) is 105 Å². The lowest BCUT2D eigenvalue weighted by atomic mass is 9.98. The van der Waals surface area contributed by atoms with E-state index < -0.39 is 24.1 Å². The molecule has 0 saturated carbocycles. The number of rotatable bonds is 7. The molecule has 0 aromatic heterocycles. The van der Waals surface area contributed by atoms with Crippen molar-refractivity contribution in [2.75, 3.05) is 33.4 Å². The number of hydrogen-bond acceptors (Lipinski definition) is 5. The van der Waals surface area contributed by atoms with Gasteiger partial charge in [-0.1, -0.05) is 55.5 Å². The van der Waals surface area contributed by atoms with E-state index in [1.54, 1.807) is 0 Å². The van der Waals surface area contributed by atoms with Crippen molar-refractivity contribution >= 4 is 18.0 Å². The fourth-order valence-corrected chi connectivity index (χ4v) is 4.77. The van der Waals surface area contributed by atoms with Crippen LogP contribution in [0.2, 0.25) is 0 Å². The molecule has 2 aromatic rings.